The summed E-state index contributed by atoms with van der Waals surface area (Å²) >= 11 is 1.70. The Morgan fingerprint density at radius 1 is 1.23 bits per heavy atom. The number of fused-ring (bicyclic) bond motifs is 1. The normalized spacial score (nSPS) is 10.6. The third-order valence-corrected chi connectivity index (χ3v) is 2.86. The molecule has 0 atom stereocenters. The fourth-order valence-corrected chi connectivity index (χ4v) is 1.98. The van der Waals surface area contributed by atoms with E-state index in [9.17, 15) is 0 Å². The molecule has 2 heteroatoms. The monoisotopic (exact) mass is 189 g/mol. The highest BCUT2D eigenvalue weighted by atomic mass is 32.2. The number of aryl methyl sites for hydroxylation is 1. The fourth-order valence-electron chi connectivity index (χ4n) is 1.41. The molecule has 0 spiro atoms. The van der Waals surface area contributed by atoms with Crippen LogP contribution in [0.5, 0.6) is 0 Å². The standard InChI is InChI=1S/C11H11NS/c1-8-7-9-5-3-4-6-10(9)12-11(8)13-2/h3-7H,1-2H3. The molecule has 2 aromatic rings. The Hall–Kier alpha value is -1.02. The van der Waals surface area contributed by atoms with Crippen LogP contribution in [0.3, 0.4) is 0 Å². The molecule has 0 aliphatic carbocycles. The molecule has 0 radical (unpaired) electrons. The number of hydrogen-bond acceptors (Lipinski definition) is 2. The molecule has 66 valence electrons. The molecule has 0 saturated carbocycles. The lowest BCUT2D eigenvalue weighted by Gasteiger charge is -2.03. The summed E-state index contributed by atoms with van der Waals surface area (Å²) in [5, 5.41) is 2.34. The number of nitrogens with zero attached hydrogens (tertiary/aromatic N) is 1. The van der Waals surface area contributed by atoms with E-state index in [1.807, 2.05) is 12.1 Å². The average Bonchev–Trinajstić information content (AvgIpc) is 2.17. The lowest BCUT2D eigenvalue weighted by atomic mass is 10.2. The molecular formula is C11H11NS. The van der Waals surface area contributed by atoms with Gasteiger partial charge in [-0.05, 0) is 30.9 Å². The molecule has 0 fully saturated rings. The molecule has 0 aliphatic heterocycles. The van der Waals surface area contributed by atoms with Gasteiger partial charge >= 0.3 is 0 Å². The van der Waals surface area contributed by atoms with E-state index >= 15 is 0 Å². The maximum atomic E-state index is 4.56. The van der Waals surface area contributed by atoms with Gasteiger partial charge in [-0.1, -0.05) is 18.2 Å². The molecule has 0 N–H and O–H groups in total. The van der Waals surface area contributed by atoms with Crippen LogP contribution in [0.15, 0.2) is 35.4 Å². The van der Waals surface area contributed by atoms with Crippen molar-refractivity contribution in [2.75, 3.05) is 6.26 Å². The van der Waals surface area contributed by atoms with Gasteiger partial charge in [-0.2, -0.15) is 0 Å². The highest BCUT2D eigenvalue weighted by Gasteiger charge is 2.00. The Bertz CT molecular complexity index is 437. The van der Waals surface area contributed by atoms with Crippen molar-refractivity contribution in [1.29, 1.82) is 0 Å². The smallest absolute Gasteiger partial charge is 0.0994 e. The predicted octanol–water partition coefficient (Wildman–Crippen LogP) is 3.27. The van der Waals surface area contributed by atoms with Crippen molar-refractivity contribution in [2.24, 2.45) is 0 Å². The van der Waals surface area contributed by atoms with E-state index in [1.54, 1.807) is 11.8 Å². The zero-order chi connectivity index (χ0) is 9.26. The number of pyridine rings is 1. The summed E-state index contributed by atoms with van der Waals surface area (Å²) in [6.45, 7) is 2.10. The second kappa shape index (κ2) is 3.38. The molecular weight excluding hydrogens is 178 g/mol. The zero-order valence-electron chi connectivity index (χ0n) is 7.74. The summed E-state index contributed by atoms with van der Waals surface area (Å²) in [7, 11) is 0. The van der Waals surface area contributed by atoms with Crippen LogP contribution in [0.25, 0.3) is 10.9 Å². The molecule has 1 aromatic heterocycles. The van der Waals surface area contributed by atoms with Crippen molar-refractivity contribution >= 4 is 22.7 Å². The molecule has 1 aromatic carbocycles. The van der Waals surface area contributed by atoms with Crippen LogP contribution in [0.1, 0.15) is 5.56 Å². The molecule has 0 amide bonds. The molecule has 0 saturated heterocycles. The number of benzene rings is 1. The van der Waals surface area contributed by atoms with Gasteiger partial charge in [-0.15, -0.1) is 11.8 Å². The summed E-state index contributed by atoms with van der Waals surface area (Å²) in [4.78, 5) is 4.56. The summed E-state index contributed by atoms with van der Waals surface area (Å²) in [5.41, 5.74) is 2.34. The number of thioether (sulfide) groups is 1. The highest BCUT2D eigenvalue weighted by Crippen LogP contribution is 2.21. The van der Waals surface area contributed by atoms with Gasteiger partial charge in [0.05, 0.1) is 10.5 Å². The first-order chi connectivity index (χ1) is 6.31. The summed E-state index contributed by atoms with van der Waals surface area (Å²) in [6.07, 6.45) is 2.06. The molecule has 1 heterocycles. The lowest BCUT2D eigenvalue weighted by molar-refractivity contribution is 1.13. The van der Waals surface area contributed by atoms with Crippen LogP contribution in [0, 0.1) is 6.92 Å². The Kier molecular flexibility index (Phi) is 2.23. The van der Waals surface area contributed by atoms with Crippen molar-refractivity contribution in [3.8, 4) is 0 Å². The van der Waals surface area contributed by atoms with Crippen molar-refractivity contribution < 1.29 is 0 Å². The lowest BCUT2D eigenvalue weighted by Crippen LogP contribution is -1.86. The Morgan fingerprint density at radius 2 is 2.00 bits per heavy atom. The average molecular weight is 189 g/mol. The van der Waals surface area contributed by atoms with E-state index < -0.39 is 0 Å². The summed E-state index contributed by atoms with van der Waals surface area (Å²) < 4.78 is 0. The highest BCUT2D eigenvalue weighted by molar-refractivity contribution is 7.98. The van der Waals surface area contributed by atoms with Gasteiger partial charge in [0.1, 0.15) is 0 Å². The van der Waals surface area contributed by atoms with Crippen LogP contribution in [-0.2, 0) is 0 Å². The number of hydrogen-bond donors (Lipinski definition) is 0. The second-order valence-corrected chi connectivity index (χ2v) is 3.80. The van der Waals surface area contributed by atoms with Crippen LogP contribution in [0.4, 0.5) is 0 Å². The molecule has 0 bridgehead atoms. The van der Waals surface area contributed by atoms with Gasteiger partial charge < -0.3 is 0 Å². The minimum Gasteiger partial charge on any atom is -0.241 e. The topological polar surface area (TPSA) is 12.9 Å². The number of aromatic nitrogens is 1. The van der Waals surface area contributed by atoms with Gasteiger partial charge in [0.15, 0.2) is 0 Å². The van der Waals surface area contributed by atoms with Gasteiger partial charge in [0.25, 0.3) is 0 Å². The molecule has 2 rings (SSSR count). The molecule has 13 heavy (non-hydrogen) atoms. The van der Waals surface area contributed by atoms with Crippen molar-refractivity contribution in [1.82, 2.24) is 4.98 Å². The van der Waals surface area contributed by atoms with Gasteiger partial charge in [0.2, 0.25) is 0 Å². The van der Waals surface area contributed by atoms with Crippen LogP contribution in [-0.4, -0.2) is 11.2 Å². The van der Waals surface area contributed by atoms with Crippen molar-refractivity contribution in [3.05, 3.63) is 35.9 Å². The third-order valence-electron chi connectivity index (χ3n) is 2.06. The van der Waals surface area contributed by atoms with Gasteiger partial charge in [-0.25, -0.2) is 4.98 Å². The Balaban J connectivity index is 2.74. The van der Waals surface area contributed by atoms with E-state index in [0.29, 0.717) is 0 Å². The van der Waals surface area contributed by atoms with Crippen molar-refractivity contribution in [2.45, 2.75) is 11.9 Å². The Labute approximate surface area is 82.2 Å². The molecule has 0 aliphatic rings. The van der Waals surface area contributed by atoms with Crippen molar-refractivity contribution in [3.63, 3.8) is 0 Å². The van der Waals surface area contributed by atoms with E-state index in [-0.39, 0.29) is 0 Å². The summed E-state index contributed by atoms with van der Waals surface area (Å²) in [6, 6.07) is 10.4. The third kappa shape index (κ3) is 1.54. The first-order valence-electron chi connectivity index (χ1n) is 4.21. The number of rotatable bonds is 1. The van der Waals surface area contributed by atoms with Gasteiger partial charge in [-0.3, -0.25) is 0 Å². The first-order valence-corrected chi connectivity index (χ1v) is 5.44. The quantitative estimate of drug-likeness (QED) is 0.639. The first kappa shape index (κ1) is 8.57. The number of para-hydroxylation sites is 1. The fraction of sp³-hybridized carbons (Fsp3) is 0.182. The van der Waals surface area contributed by atoms with Crippen LogP contribution >= 0.6 is 11.8 Å². The van der Waals surface area contributed by atoms with E-state index in [0.717, 1.165) is 10.5 Å². The van der Waals surface area contributed by atoms with E-state index in [1.165, 1.54) is 10.9 Å². The second-order valence-electron chi connectivity index (χ2n) is 3.01. The zero-order valence-corrected chi connectivity index (χ0v) is 8.56. The minimum absolute atomic E-state index is 1.08. The van der Waals surface area contributed by atoms with Crippen LogP contribution in [0.2, 0.25) is 0 Å². The Morgan fingerprint density at radius 3 is 2.77 bits per heavy atom. The maximum Gasteiger partial charge on any atom is 0.0994 e. The van der Waals surface area contributed by atoms with Crippen LogP contribution < -0.4 is 0 Å². The minimum atomic E-state index is 1.08. The predicted molar refractivity (Wildman–Crippen MR) is 58.3 cm³/mol. The SMILES string of the molecule is CSc1nc2ccccc2cc1C. The summed E-state index contributed by atoms with van der Waals surface area (Å²) in [5.74, 6) is 0. The molecule has 0 unspecified atom stereocenters. The largest absolute Gasteiger partial charge is 0.241 e. The van der Waals surface area contributed by atoms with Gasteiger partial charge in [0, 0.05) is 5.39 Å². The van der Waals surface area contributed by atoms with E-state index in [2.05, 4.69) is 36.4 Å². The molecule has 1 nitrogen and oxygen atoms in total. The van der Waals surface area contributed by atoms with E-state index in [4.69, 9.17) is 0 Å². The maximum absolute atomic E-state index is 4.56.